The van der Waals surface area contributed by atoms with Gasteiger partial charge in [-0.05, 0) is 63.4 Å². The fraction of sp³-hybridized carbons (Fsp3) is 0.458. The van der Waals surface area contributed by atoms with Gasteiger partial charge in [-0.25, -0.2) is 4.39 Å². The van der Waals surface area contributed by atoms with Crippen molar-refractivity contribution in [2.75, 3.05) is 13.1 Å². The molecule has 3 rings (SSSR count). The van der Waals surface area contributed by atoms with E-state index in [1.807, 2.05) is 12.1 Å². The molecule has 1 aliphatic rings. The van der Waals surface area contributed by atoms with Crippen molar-refractivity contribution in [3.63, 3.8) is 0 Å². The molecule has 0 aromatic heterocycles. The van der Waals surface area contributed by atoms with E-state index in [2.05, 4.69) is 49.2 Å². The van der Waals surface area contributed by atoms with Gasteiger partial charge in [0.15, 0.2) is 0 Å². The molecule has 0 radical (unpaired) electrons. The molecule has 1 fully saturated rings. The number of hydrogen-bond acceptors (Lipinski definition) is 2. The molecule has 0 saturated carbocycles. The van der Waals surface area contributed by atoms with Crippen LogP contribution in [0.4, 0.5) is 4.39 Å². The van der Waals surface area contributed by atoms with Crippen LogP contribution in [0, 0.1) is 25.6 Å². The molecule has 28 heavy (non-hydrogen) atoms. The first-order chi connectivity index (χ1) is 13.5. The molecule has 2 aromatic carbocycles. The normalized spacial score (nSPS) is 16.7. The third kappa shape index (κ3) is 4.99. The van der Waals surface area contributed by atoms with Gasteiger partial charge < -0.3 is 5.32 Å². The Morgan fingerprint density at radius 1 is 1.18 bits per heavy atom. The monoisotopic (exact) mass is 382 g/mol. The van der Waals surface area contributed by atoms with Gasteiger partial charge in [0.1, 0.15) is 5.82 Å². The SMILES string of the molecule is CC[C@@H](NC(=O)C1CCN(Cc2ccccc2F)CC1)c1ccc(C)cc1C. The first kappa shape index (κ1) is 20.5. The van der Waals surface area contributed by atoms with Crippen molar-refractivity contribution in [3.8, 4) is 0 Å². The predicted molar refractivity (Wildman–Crippen MR) is 111 cm³/mol. The maximum absolute atomic E-state index is 13.9. The van der Waals surface area contributed by atoms with E-state index in [0.29, 0.717) is 6.54 Å². The van der Waals surface area contributed by atoms with E-state index in [1.165, 1.54) is 22.8 Å². The number of nitrogens with zero attached hydrogens (tertiary/aromatic N) is 1. The Bertz CT molecular complexity index is 812. The average molecular weight is 383 g/mol. The number of hydrogen-bond donors (Lipinski definition) is 1. The second kappa shape index (κ2) is 9.33. The summed E-state index contributed by atoms with van der Waals surface area (Å²) < 4.78 is 13.9. The minimum atomic E-state index is -0.151. The van der Waals surface area contributed by atoms with Crippen LogP contribution in [-0.2, 0) is 11.3 Å². The molecule has 1 heterocycles. The molecule has 3 nitrogen and oxygen atoms in total. The van der Waals surface area contributed by atoms with Gasteiger partial charge in [-0.15, -0.1) is 0 Å². The molecule has 0 unspecified atom stereocenters. The zero-order valence-corrected chi connectivity index (χ0v) is 17.2. The van der Waals surface area contributed by atoms with E-state index in [4.69, 9.17) is 0 Å². The van der Waals surface area contributed by atoms with E-state index >= 15 is 0 Å². The molecule has 2 aromatic rings. The number of carbonyl (C=O) groups is 1. The molecule has 150 valence electrons. The molecule has 1 atom stereocenters. The van der Waals surface area contributed by atoms with Crippen LogP contribution in [0.3, 0.4) is 0 Å². The first-order valence-electron chi connectivity index (χ1n) is 10.3. The van der Waals surface area contributed by atoms with Gasteiger partial charge in [0.25, 0.3) is 0 Å². The Labute approximate surface area is 167 Å². The maximum atomic E-state index is 13.9. The Hall–Kier alpha value is -2.20. The number of amides is 1. The smallest absolute Gasteiger partial charge is 0.223 e. The second-order valence-corrected chi connectivity index (χ2v) is 7.97. The Balaban J connectivity index is 1.55. The Morgan fingerprint density at radius 2 is 1.89 bits per heavy atom. The lowest BCUT2D eigenvalue weighted by Crippen LogP contribution is -2.41. The van der Waals surface area contributed by atoms with Crippen LogP contribution in [0.25, 0.3) is 0 Å². The van der Waals surface area contributed by atoms with Crippen LogP contribution < -0.4 is 5.32 Å². The van der Waals surface area contributed by atoms with Gasteiger partial charge in [0.2, 0.25) is 5.91 Å². The summed E-state index contributed by atoms with van der Waals surface area (Å²) in [7, 11) is 0. The summed E-state index contributed by atoms with van der Waals surface area (Å²) in [5, 5.41) is 3.27. The highest BCUT2D eigenvalue weighted by atomic mass is 19.1. The van der Waals surface area contributed by atoms with Crippen molar-refractivity contribution in [2.24, 2.45) is 5.92 Å². The quantitative estimate of drug-likeness (QED) is 0.769. The zero-order chi connectivity index (χ0) is 20.1. The topological polar surface area (TPSA) is 32.3 Å². The van der Waals surface area contributed by atoms with E-state index in [9.17, 15) is 9.18 Å². The van der Waals surface area contributed by atoms with Crippen LogP contribution in [-0.4, -0.2) is 23.9 Å². The van der Waals surface area contributed by atoms with Crippen LogP contribution in [0.15, 0.2) is 42.5 Å². The highest BCUT2D eigenvalue weighted by Crippen LogP contribution is 2.25. The Kier molecular flexibility index (Phi) is 6.84. The standard InChI is InChI=1S/C24H31FN2O/c1-4-23(21-10-9-17(2)15-18(21)3)26-24(28)19-11-13-27(14-12-19)16-20-7-5-6-8-22(20)25/h5-10,15,19,23H,4,11-14,16H2,1-3H3,(H,26,28)/t23-/m1/s1. The summed E-state index contributed by atoms with van der Waals surface area (Å²) in [5.74, 6) is 0.0377. The van der Waals surface area contributed by atoms with E-state index in [0.717, 1.165) is 37.9 Å². The molecular formula is C24H31FN2O. The van der Waals surface area contributed by atoms with Gasteiger partial charge >= 0.3 is 0 Å². The molecule has 0 spiro atoms. The van der Waals surface area contributed by atoms with Crippen molar-refractivity contribution >= 4 is 5.91 Å². The number of nitrogens with one attached hydrogen (secondary N) is 1. The van der Waals surface area contributed by atoms with Gasteiger partial charge in [-0.3, -0.25) is 9.69 Å². The Morgan fingerprint density at radius 3 is 2.54 bits per heavy atom. The molecule has 0 aliphatic carbocycles. The van der Waals surface area contributed by atoms with Crippen molar-refractivity contribution < 1.29 is 9.18 Å². The number of piperidine rings is 1. The van der Waals surface area contributed by atoms with Crippen LogP contribution in [0.1, 0.15) is 54.5 Å². The summed E-state index contributed by atoms with van der Waals surface area (Å²) in [6, 6.07) is 13.4. The first-order valence-corrected chi connectivity index (χ1v) is 10.3. The minimum absolute atomic E-state index is 0.0386. The summed E-state index contributed by atoms with van der Waals surface area (Å²) >= 11 is 0. The fourth-order valence-electron chi connectivity index (χ4n) is 4.13. The highest BCUT2D eigenvalue weighted by molar-refractivity contribution is 5.79. The lowest BCUT2D eigenvalue weighted by molar-refractivity contribution is -0.127. The second-order valence-electron chi connectivity index (χ2n) is 7.97. The van der Waals surface area contributed by atoms with Crippen LogP contribution >= 0.6 is 0 Å². The largest absolute Gasteiger partial charge is 0.349 e. The predicted octanol–water partition coefficient (Wildman–Crippen LogP) is 4.92. The minimum Gasteiger partial charge on any atom is -0.349 e. The number of likely N-dealkylation sites (tertiary alicyclic amines) is 1. The zero-order valence-electron chi connectivity index (χ0n) is 17.2. The number of rotatable bonds is 6. The van der Waals surface area contributed by atoms with Gasteiger partial charge in [0.05, 0.1) is 6.04 Å². The van der Waals surface area contributed by atoms with Gasteiger partial charge in [-0.2, -0.15) is 0 Å². The maximum Gasteiger partial charge on any atom is 0.223 e. The number of carbonyl (C=O) groups excluding carboxylic acids is 1. The molecule has 1 saturated heterocycles. The van der Waals surface area contributed by atoms with Crippen LogP contribution in [0.2, 0.25) is 0 Å². The molecular weight excluding hydrogens is 351 g/mol. The van der Waals surface area contributed by atoms with Crippen molar-refractivity contribution in [3.05, 3.63) is 70.5 Å². The fourth-order valence-corrected chi connectivity index (χ4v) is 4.13. The third-order valence-corrected chi connectivity index (χ3v) is 5.84. The third-order valence-electron chi connectivity index (χ3n) is 5.84. The average Bonchev–Trinajstić information content (AvgIpc) is 2.69. The number of benzene rings is 2. The lowest BCUT2D eigenvalue weighted by atomic mass is 9.93. The molecule has 1 N–H and O–H groups in total. The number of aryl methyl sites for hydroxylation is 2. The van der Waals surface area contributed by atoms with Crippen molar-refractivity contribution in [2.45, 2.75) is 52.6 Å². The van der Waals surface area contributed by atoms with E-state index < -0.39 is 0 Å². The summed E-state index contributed by atoms with van der Waals surface area (Å²) in [6.45, 7) is 8.58. The molecule has 0 bridgehead atoms. The summed E-state index contributed by atoms with van der Waals surface area (Å²) in [6.07, 6.45) is 2.52. The van der Waals surface area contributed by atoms with E-state index in [1.54, 1.807) is 6.07 Å². The highest BCUT2D eigenvalue weighted by Gasteiger charge is 2.27. The summed E-state index contributed by atoms with van der Waals surface area (Å²) in [4.78, 5) is 15.1. The molecule has 4 heteroatoms. The van der Waals surface area contributed by atoms with Crippen LogP contribution in [0.5, 0.6) is 0 Å². The van der Waals surface area contributed by atoms with E-state index in [-0.39, 0.29) is 23.7 Å². The molecule has 1 amide bonds. The van der Waals surface area contributed by atoms with Gasteiger partial charge in [-0.1, -0.05) is 48.9 Å². The van der Waals surface area contributed by atoms with Gasteiger partial charge in [0, 0.05) is 18.0 Å². The summed E-state index contributed by atoms with van der Waals surface area (Å²) in [5.41, 5.74) is 4.40. The van der Waals surface area contributed by atoms with Crippen molar-refractivity contribution in [1.29, 1.82) is 0 Å². The molecule has 1 aliphatic heterocycles. The lowest BCUT2D eigenvalue weighted by Gasteiger charge is -2.32. The number of halogens is 1. The van der Waals surface area contributed by atoms with Crippen molar-refractivity contribution in [1.82, 2.24) is 10.2 Å².